The van der Waals surface area contributed by atoms with E-state index < -0.39 is 11.7 Å². The summed E-state index contributed by atoms with van der Waals surface area (Å²) in [5.41, 5.74) is 5.56. The number of carbonyl (C=O) groups is 1. The van der Waals surface area contributed by atoms with Gasteiger partial charge in [-0.05, 0) is 39.0 Å². The number of nitrogens with two attached hydrogens (primary N) is 1. The third-order valence-electron chi connectivity index (χ3n) is 2.59. The zero-order valence-electron chi connectivity index (χ0n) is 12.2. The van der Waals surface area contributed by atoms with E-state index in [0.29, 0.717) is 22.4 Å². The monoisotopic (exact) mass is 290 g/mol. The Bertz CT molecular complexity index is 731. The van der Waals surface area contributed by atoms with E-state index in [1.165, 1.54) is 0 Å². The normalized spacial score (nSPS) is 11.4. The molecule has 0 radical (unpaired) electrons. The van der Waals surface area contributed by atoms with Gasteiger partial charge < -0.3 is 15.5 Å². The Morgan fingerprint density at radius 1 is 1.43 bits per heavy atom. The van der Waals surface area contributed by atoms with Crippen LogP contribution >= 0.6 is 0 Å². The number of carbonyl (C=O) groups excluding carboxylic acids is 1. The van der Waals surface area contributed by atoms with Crippen molar-refractivity contribution in [1.82, 2.24) is 9.97 Å². The van der Waals surface area contributed by atoms with E-state index in [9.17, 15) is 9.59 Å². The van der Waals surface area contributed by atoms with Crippen molar-refractivity contribution < 1.29 is 9.53 Å². The first-order valence-electron chi connectivity index (χ1n) is 6.51. The number of ether oxygens (including phenoxy) is 1. The van der Waals surface area contributed by atoms with Crippen molar-refractivity contribution in [2.75, 3.05) is 5.32 Å². The molecule has 0 atom stereocenters. The third kappa shape index (κ3) is 3.79. The van der Waals surface area contributed by atoms with Crippen LogP contribution in [0.4, 0.5) is 10.5 Å². The van der Waals surface area contributed by atoms with Gasteiger partial charge in [-0.25, -0.2) is 9.78 Å². The Morgan fingerprint density at radius 2 is 2.14 bits per heavy atom. The van der Waals surface area contributed by atoms with Crippen LogP contribution in [0.5, 0.6) is 0 Å². The van der Waals surface area contributed by atoms with Crippen LogP contribution in [0.1, 0.15) is 26.6 Å². The number of hydrogen-bond donors (Lipinski definition) is 3. The smallest absolute Gasteiger partial charge is 0.412 e. The molecule has 0 saturated carbocycles. The fraction of sp³-hybridized carbons (Fsp3) is 0.357. The largest absolute Gasteiger partial charge is 0.444 e. The van der Waals surface area contributed by atoms with Gasteiger partial charge in [0.05, 0.1) is 17.4 Å². The van der Waals surface area contributed by atoms with Crippen LogP contribution in [-0.4, -0.2) is 21.7 Å². The highest BCUT2D eigenvalue weighted by Gasteiger charge is 2.16. The van der Waals surface area contributed by atoms with Crippen molar-refractivity contribution in [2.45, 2.75) is 32.9 Å². The maximum absolute atomic E-state index is 11.9. The van der Waals surface area contributed by atoms with Crippen molar-refractivity contribution in [3.8, 4) is 0 Å². The van der Waals surface area contributed by atoms with E-state index in [2.05, 4.69) is 15.3 Å². The first-order chi connectivity index (χ1) is 9.78. The van der Waals surface area contributed by atoms with Crippen LogP contribution in [0.15, 0.2) is 23.0 Å². The maximum atomic E-state index is 11.9. The molecule has 0 bridgehead atoms. The Hall–Kier alpha value is -2.41. The minimum absolute atomic E-state index is 0.156. The standard InChI is InChI=1S/C14H18N4O3/c1-14(2,3)21-13(20)16-8-4-5-10-9(6-8)12(19)18-11(7-15)17-10/h4-6H,7,15H2,1-3H3,(H,16,20)(H,17,18,19). The molecule has 0 fully saturated rings. The predicted octanol–water partition coefficient (Wildman–Crippen LogP) is 1.73. The summed E-state index contributed by atoms with van der Waals surface area (Å²) in [6.45, 7) is 5.48. The number of hydrogen-bond acceptors (Lipinski definition) is 5. The van der Waals surface area contributed by atoms with E-state index in [4.69, 9.17) is 10.5 Å². The number of fused-ring (bicyclic) bond motifs is 1. The number of aromatic amines is 1. The van der Waals surface area contributed by atoms with Crippen LogP contribution in [0.3, 0.4) is 0 Å². The molecule has 112 valence electrons. The predicted molar refractivity (Wildman–Crippen MR) is 80.1 cm³/mol. The summed E-state index contributed by atoms with van der Waals surface area (Å²) in [5, 5.41) is 2.96. The molecule has 1 aromatic heterocycles. The number of aromatic nitrogens is 2. The fourth-order valence-corrected chi connectivity index (χ4v) is 1.78. The van der Waals surface area contributed by atoms with Gasteiger partial charge in [0, 0.05) is 5.69 Å². The lowest BCUT2D eigenvalue weighted by atomic mass is 10.2. The number of nitrogens with one attached hydrogen (secondary N) is 2. The number of anilines is 1. The second-order valence-electron chi connectivity index (χ2n) is 5.58. The molecule has 0 unspecified atom stereocenters. The molecule has 2 rings (SSSR count). The van der Waals surface area contributed by atoms with Gasteiger partial charge in [-0.2, -0.15) is 0 Å². The summed E-state index contributed by atoms with van der Waals surface area (Å²) >= 11 is 0. The summed E-state index contributed by atoms with van der Waals surface area (Å²) in [7, 11) is 0. The number of rotatable bonds is 2. The van der Waals surface area contributed by atoms with E-state index >= 15 is 0 Å². The molecule has 0 aliphatic rings. The van der Waals surface area contributed by atoms with E-state index in [0.717, 1.165) is 0 Å². The summed E-state index contributed by atoms with van der Waals surface area (Å²) in [6, 6.07) is 4.85. The Morgan fingerprint density at radius 3 is 2.76 bits per heavy atom. The highest BCUT2D eigenvalue weighted by Crippen LogP contribution is 2.16. The van der Waals surface area contributed by atoms with E-state index in [1.54, 1.807) is 39.0 Å². The third-order valence-corrected chi connectivity index (χ3v) is 2.59. The molecule has 21 heavy (non-hydrogen) atoms. The van der Waals surface area contributed by atoms with Gasteiger partial charge in [0.2, 0.25) is 0 Å². The average Bonchev–Trinajstić information content (AvgIpc) is 2.37. The minimum Gasteiger partial charge on any atom is -0.444 e. The number of nitrogens with zero attached hydrogens (tertiary/aromatic N) is 1. The summed E-state index contributed by atoms with van der Waals surface area (Å²) in [6.07, 6.45) is -0.579. The van der Waals surface area contributed by atoms with Crippen LogP contribution in [0, 0.1) is 0 Å². The van der Waals surface area contributed by atoms with E-state index in [-0.39, 0.29) is 12.1 Å². The molecule has 0 aliphatic carbocycles. The van der Waals surface area contributed by atoms with Gasteiger partial charge >= 0.3 is 6.09 Å². The highest BCUT2D eigenvalue weighted by molar-refractivity contribution is 5.89. The minimum atomic E-state index is -0.587. The molecular formula is C14H18N4O3. The number of benzene rings is 1. The van der Waals surface area contributed by atoms with Crippen LogP contribution < -0.4 is 16.6 Å². The van der Waals surface area contributed by atoms with Crippen LogP contribution in [0.2, 0.25) is 0 Å². The topological polar surface area (TPSA) is 110 Å². The van der Waals surface area contributed by atoms with Crippen molar-refractivity contribution in [2.24, 2.45) is 5.73 Å². The molecule has 2 aromatic rings. The van der Waals surface area contributed by atoms with Crippen LogP contribution in [0.25, 0.3) is 10.9 Å². The average molecular weight is 290 g/mol. The van der Waals surface area contributed by atoms with Crippen molar-refractivity contribution in [1.29, 1.82) is 0 Å². The number of H-pyrrole nitrogens is 1. The molecule has 4 N–H and O–H groups in total. The van der Waals surface area contributed by atoms with Gasteiger partial charge in [-0.15, -0.1) is 0 Å². The van der Waals surface area contributed by atoms with Gasteiger partial charge in [0.1, 0.15) is 11.4 Å². The van der Waals surface area contributed by atoms with Crippen molar-refractivity contribution >= 4 is 22.7 Å². The van der Waals surface area contributed by atoms with Gasteiger partial charge in [0.15, 0.2) is 0 Å². The Balaban J connectivity index is 2.29. The first-order valence-corrected chi connectivity index (χ1v) is 6.51. The highest BCUT2D eigenvalue weighted by atomic mass is 16.6. The molecule has 7 heteroatoms. The molecule has 1 aromatic carbocycles. The SMILES string of the molecule is CC(C)(C)OC(=O)Nc1ccc2nc(CN)[nH]c(=O)c2c1. The second kappa shape index (κ2) is 5.53. The Kier molecular flexibility index (Phi) is 3.95. The molecule has 0 aliphatic heterocycles. The zero-order valence-corrected chi connectivity index (χ0v) is 12.2. The van der Waals surface area contributed by atoms with E-state index in [1.807, 2.05) is 0 Å². The Labute approximate surface area is 121 Å². The summed E-state index contributed by atoms with van der Waals surface area (Å²) in [4.78, 5) is 30.4. The summed E-state index contributed by atoms with van der Waals surface area (Å²) in [5.74, 6) is 0.417. The molecule has 1 amide bonds. The van der Waals surface area contributed by atoms with Gasteiger partial charge in [0.25, 0.3) is 5.56 Å². The summed E-state index contributed by atoms with van der Waals surface area (Å²) < 4.78 is 5.15. The van der Waals surface area contributed by atoms with Gasteiger partial charge in [-0.3, -0.25) is 10.1 Å². The zero-order chi connectivity index (χ0) is 15.6. The van der Waals surface area contributed by atoms with Crippen LogP contribution in [-0.2, 0) is 11.3 Å². The molecule has 1 heterocycles. The lowest BCUT2D eigenvalue weighted by Crippen LogP contribution is -2.27. The second-order valence-corrected chi connectivity index (χ2v) is 5.58. The van der Waals surface area contributed by atoms with Crippen molar-refractivity contribution in [3.05, 3.63) is 34.4 Å². The van der Waals surface area contributed by atoms with Gasteiger partial charge in [-0.1, -0.05) is 0 Å². The lowest BCUT2D eigenvalue weighted by Gasteiger charge is -2.19. The number of amides is 1. The molecule has 0 spiro atoms. The first kappa shape index (κ1) is 15.0. The van der Waals surface area contributed by atoms with Crippen molar-refractivity contribution in [3.63, 3.8) is 0 Å². The maximum Gasteiger partial charge on any atom is 0.412 e. The molecule has 0 saturated heterocycles. The molecular weight excluding hydrogens is 272 g/mol. The lowest BCUT2D eigenvalue weighted by molar-refractivity contribution is 0.0636. The quantitative estimate of drug-likeness (QED) is 0.780. The fourth-order valence-electron chi connectivity index (χ4n) is 1.78. The molecule has 7 nitrogen and oxygen atoms in total.